The van der Waals surface area contributed by atoms with Crippen LogP contribution in [-0.2, 0) is 9.59 Å². The van der Waals surface area contributed by atoms with Gasteiger partial charge in [0.1, 0.15) is 0 Å². The van der Waals surface area contributed by atoms with E-state index in [4.69, 9.17) is 12.2 Å². The number of terminal acetylenes is 1. The van der Waals surface area contributed by atoms with Gasteiger partial charge in [0.25, 0.3) is 0 Å². The predicted octanol–water partition coefficient (Wildman–Crippen LogP) is 1.98. The number of nitrogens with two attached hydrogens (primary N) is 1. The van der Waals surface area contributed by atoms with Gasteiger partial charge < -0.3 is 11.1 Å². The van der Waals surface area contributed by atoms with Crippen molar-refractivity contribution in [1.82, 2.24) is 5.32 Å². The van der Waals surface area contributed by atoms with Gasteiger partial charge in [-0.25, -0.2) is 0 Å². The summed E-state index contributed by atoms with van der Waals surface area (Å²) in [5.41, 5.74) is 5.00. The van der Waals surface area contributed by atoms with Gasteiger partial charge in [0.15, 0.2) is 0 Å². The molecule has 0 radical (unpaired) electrons. The molecule has 0 bridgehead atoms. The molecule has 4 nitrogen and oxygen atoms in total. The monoisotopic (exact) mass is 254 g/mol. The second kappa shape index (κ2) is 15.5. The third kappa shape index (κ3) is 16.9. The van der Waals surface area contributed by atoms with Crippen molar-refractivity contribution in [2.24, 2.45) is 5.73 Å². The van der Waals surface area contributed by atoms with Crippen molar-refractivity contribution in [1.29, 1.82) is 0 Å². The number of nitrogens with one attached hydrogen (secondary N) is 1. The quantitative estimate of drug-likeness (QED) is 0.488. The minimum atomic E-state index is -0.265. The third-order valence-corrected chi connectivity index (χ3v) is 2.15. The number of hydrogen-bond acceptors (Lipinski definition) is 2. The molecule has 0 aromatic heterocycles. The van der Waals surface area contributed by atoms with Crippen molar-refractivity contribution < 1.29 is 9.59 Å². The van der Waals surface area contributed by atoms with Crippen molar-refractivity contribution in [3.05, 3.63) is 0 Å². The summed E-state index contributed by atoms with van der Waals surface area (Å²) in [6, 6.07) is 0. The van der Waals surface area contributed by atoms with Gasteiger partial charge in [-0.05, 0) is 19.3 Å². The van der Waals surface area contributed by atoms with Gasteiger partial charge in [0.05, 0.1) is 0 Å². The summed E-state index contributed by atoms with van der Waals surface area (Å²) < 4.78 is 0. The Kier molecular flexibility index (Phi) is 16.2. The van der Waals surface area contributed by atoms with Gasteiger partial charge in [-0.15, -0.1) is 12.3 Å². The number of carbonyl (C=O) groups excluding carboxylic acids is 2. The molecule has 0 aliphatic rings. The molecule has 0 unspecified atom stereocenters. The minimum absolute atomic E-state index is 0.0464. The molecule has 0 spiro atoms. The number of unbranched alkanes of at least 4 members (excludes halogenated alkanes) is 3. The van der Waals surface area contributed by atoms with Crippen LogP contribution in [0.15, 0.2) is 0 Å². The van der Waals surface area contributed by atoms with Crippen molar-refractivity contribution in [3.63, 3.8) is 0 Å². The number of amides is 2. The van der Waals surface area contributed by atoms with Crippen molar-refractivity contribution >= 4 is 11.8 Å². The lowest BCUT2D eigenvalue weighted by atomic mass is 10.2. The molecular weight excluding hydrogens is 228 g/mol. The molecule has 18 heavy (non-hydrogen) atoms. The van der Waals surface area contributed by atoms with Crippen LogP contribution in [0.3, 0.4) is 0 Å². The van der Waals surface area contributed by atoms with E-state index in [2.05, 4.69) is 11.2 Å². The molecule has 0 saturated heterocycles. The number of rotatable bonds is 9. The van der Waals surface area contributed by atoms with Gasteiger partial charge in [-0.1, -0.05) is 20.3 Å². The van der Waals surface area contributed by atoms with Crippen molar-refractivity contribution in [2.45, 2.75) is 58.8 Å². The highest BCUT2D eigenvalue weighted by Crippen LogP contribution is 1.98. The fraction of sp³-hybridized carbons (Fsp3) is 0.714. The van der Waals surface area contributed by atoms with E-state index in [0.29, 0.717) is 25.8 Å². The second-order valence-electron chi connectivity index (χ2n) is 3.68. The van der Waals surface area contributed by atoms with Gasteiger partial charge >= 0.3 is 0 Å². The molecule has 3 N–H and O–H groups in total. The second-order valence-corrected chi connectivity index (χ2v) is 3.68. The molecule has 0 heterocycles. The lowest BCUT2D eigenvalue weighted by Gasteiger charge is -2.03. The molecule has 0 aliphatic heterocycles. The highest BCUT2D eigenvalue weighted by molar-refractivity contribution is 5.75. The molecule has 0 aromatic rings. The fourth-order valence-electron chi connectivity index (χ4n) is 1.27. The Morgan fingerprint density at radius 3 is 2.33 bits per heavy atom. The smallest absolute Gasteiger partial charge is 0.220 e. The first-order chi connectivity index (χ1) is 8.66. The van der Waals surface area contributed by atoms with Crippen LogP contribution in [0.5, 0.6) is 0 Å². The van der Waals surface area contributed by atoms with E-state index in [1.54, 1.807) is 0 Å². The molecule has 0 atom stereocenters. The largest absolute Gasteiger partial charge is 0.370 e. The van der Waals surface area contributed by atoms with E-state index in [0.717, 1.165) is 25.7 Å². The number of primary amides is 1. The normalized spacial score (nSPS) is 8.72. The van der Waals surface area contributed by atoms with E-state index < -0.39 is 0 Å². The lowest BCUT2D eigenvalue weighted by molar-refractivity contribution is -0.121. The molecule has 0 aromatic carbocycles. The number of hydrogen-bond donors (Lipinski definition) is 2. The molecule has 0 fully saturated rings. The summed E-state index contributed by atoms with van der Waals surface area (Å²) in [4.78, 5) is 21.6. The van der Waals surface area contributed by atoms with E-state index in [-0.39, 0.29) is 11.8 Å². The van der Waals surface area contributed by atoms with Crippen molar-refractivity contribution in [2.75, 3.05) is 6.54 Å². The van der Waals surface area contributed by atoms with Gasteiger partial charge in [0, 0.05) is 25.8 Å². The topological polar surface area (TPSA) is 72.2 Å². The maximum Gasteiger partial charge on any atom is 0.220 e. The zero-order valence-corrected chi connectivity index (χ0v) is 11.6. The van der Waals surface area contributed by atoms with Gasteiger partial charge in [0.2, 0.25) is 11.8 Å². The Hall–Kier alpha value is -1.50. The molecular formula is C14H26N2O2. The molecule has 0 rings (SSSR count). The molecule has 0 saturated carbocycles. The first kappa shape index (κ1) is 18.9. The van der Waals surface area contributed by atoms with Crippen LogP contribution >= 0.6 is 0 Å². The maximum absolute atomic E-state index is 11.2. The van der Waals surface area contributed by atoms with Gasteiger partial charge in [-0.3, -0.25) is 9.59 Å². The Bertz CT molecular complexity index is 257. The van der Waals surface area contributed by atoms with Crippen molar-refractivity contribution in [3.8, 4) is 12.3 Å². The first-order valence-corrected chi connectivity index (χ1v) is 6.65. The van der Waals surface area contributed by atoms with E-state index >= 15 is 0 Å². The zero-order chi connectivity index (χ0) is 14.2. The minimum Gasteiger partial charge on any atom is -0.370 e. The SMILES string of the molecule is C#CCCCC(=O)NCCCCCC(N)=O.CC. The summed E-state index contributed by atoms with van der Waals surface area (Å²) >= 11 is 0. The highest BCUT2D eigenvalue weighted by atomic mass is 16.1. The summed E-state index contributed by atoms with van der Waals surface area (Å²) in [5, 5.41) is 2.81. The molecule has 0 aliphatic carbocycles. The Balaban J connectivity index is 0. The number of carbonyl (C=O) groups is 2. The van der Waals surface area contributed by atoms with Crippen LogP contribution in [0.2, 0.25) is 0 Å². The van der Waals surface area contributed by atoms with E-state index in [1.807, 2.05) is 13.8 Å². The van der Waals surface area contributed by atoms with E-state index in [1.165, 1.54) is 0 Å². The summed E-state index contributed by atoms with van der Waals surface area (Å²) in [5.74, 6) is 2.27. The fourth-order valence-corrected chi connectivity index (χ4v) is 1.27. The molecule has 104 valence electrons. The van der Waals surface area contributed by atoms with Gasteiger partial charge in [-0.2, -0.15) is 0 Å². The van der Waals surface area contributed by atoms with Crippen LogP contribution in [0.25, 0.3) is 0 Å². The third-order valence-electron chi connectivity index (χ3n) is 2.15. The van der Waals surface area contributed by atoms with Crippen LogP contribution in [0.1, 0.15) is 58.8 Å². The Labute approximate surface area is 111 Å². The zero-order valence-electron chi connectivity index (χ0n) is 11.6. The summed E-state index contributed by atoms with van der Waals surface area (Å²) in [7, 11) is 0. The van der Waals surface area contributed by atoms with Crippen LogP contribution in [0.4, 0.5) is 0 Å². The van der Waals surface area contributed by atoms with E-state index in [9.17, 15) is 9.59 Å². The summed E-state index contributed by atoms with van der Waals surface area (Å²) in [6.45, 7) is 4.66. The van der Waals surface area contributed by atoms with Crippen LogP contribution < -0.4 is 11.1 Å². The Morgan fingerprint density at radius 2 is 1.78 bits per heavy atom. The van der Waals surface area contributed by atoms with Crippen LogP contribution in [0, 0.1) is 12.3 Å². The standard InChI is InChI=1S/C12H20N2O2.C2H6/c1-2-3-5-9-12(16)14-10-7-4-6-8-11(13)15;1-2/h1H,3-10H2,(H2,13,15)(H,14,16);1-2H3. The first-order valence-electron chi connectivity index (χ1n) is 6.65. The average molecular weight is 254 g/mol. The predicted molar refractivity (Wildman–Crippen MR) is 74.7 cm³/mol. The highest BCUT2D eigenvalue weighted by Gasteiger charge is 1.99. The lowest BCUT2D eigenvalue weighted by Crippen LogP contribution is -2.24. The summed E-state index contributed by atoms with van der Waals surface area (Å²) in [6.07, 6.45) is 9.97. The average Bonchev–Trinajstić information content (AvgIpc) is 2.36. The molecule has 2 amide bonds. The van der Waals surface area contributed by atoms with Crippen LogP contribution in [-0.4, -0.2) is 18.4 Å². The Morgan fingerprint density at radius 1 is 1.11 bits per heavy atom. The maximum atomic E-state index is 11.2. The molecule has 4 heteroatoms.